The molecule has 1 saturated carbocycles. The largest absolute Gasteiger partial charge is 0.349 e. The van der Waals surface area contributed by atoms with Crippen molar-refractivity contribution in [3.63, 3.8) is 0 Å². The van der Waals surface area contributed by atoms with E-state index in [0.717, 1.165) is 17.7 Å². The van der Waals surface area contributed by atoms with E-state index in [1.165, 1.54) is 0 Å². The Morgan fingerprint density at radius 1 is 1.19 bits per heavy atom. The van der Waals surface area contributed by atoms with Gasteiger partial charge in [0.25, 0.3) is 5.91 Å². The molecule has 1 heterocycles. The van der Waals surface area contributed by atoms with E-state index in [2.05, 4.69) is 10.6 Å². The Balaban J connectivity index is 1.62. The summed E-state index contributed by atoms with van der Waals surface area (Å²) in [7, 11) is 0. The summed E-state index contributed by atoms with van der Waals surface area (Å²) in [5.74, 6) is -0.149. The molecular formula is C16H16N2O2S. The average molecular weight is 300 g/mol. The van der Waals surface area contributed by atoms with E-state index in [4.69, 9.17) is 0 Å². The molecule has 0 saturated heterocycles. The Morgan fingerprint density at radius 3 is 2.76 bits per heavy atom. The van der Waals surface area contributed by atoms with Crippen molar-refractivity contribution in [2.24, 2.45) is 0 Å². The van der Waals surface area contributed by atoms with Crippen molar-refractivity contribution >= 4 is 28.8 Å². The van der Waals surface area contributed by atoms with Crippen molar-refractivity contribution in [1.29, 1.82) is 0 Å². The Hall–Kier alpha value is -2.14. The molecular weight excluding hydrogens is 284 g/mol. The normalized spacial score (nSPS) is 13.7. The van der Waals surface area contributed by atoms with Crippen LogP contribution in [0.5, 0.6) is 0 Å². The molecule has 1 fully saturated rings. The van der Waals surface area contributed by atoms with Gasteiger partial charge in [-0.3, -0.25) is 9.59 Å². The van der Waals surface area contributed by atoms with Gasteiger partial charge in [-0.05, 0) is 42.5 Å². The van der Waals surface area contributed by atoms with Crippen LogP contribution >= 0.6 is 11.3 Å². The maximum absolute atomic E-state index is 12.0. The molecule has 1 aliphatic rings. The lowest BCUT2D eigenvalue weighted by Crippen LogP contribution is -2.25. The van der Waals surface area contributed by atoms with Crippen LogP contribution in [0.15, 0.2) is 41.8 Å². The van der Waals surface area contributed by atoms with Crippen LogP contribution < -0.4 is 10.6 Å². The first-order chi connectivity index (χ1) is 10.2. The topological polar surface area (TPSA) is 58.2 Å². The molecule has 5 heteroatoms. The second-order valence-corrected chi connectivity index (χ2v) is 6.17. The highest BCUT2D eigenvalue weighted by molar-refractivity contribution is 7.10. The standard InChI is InChI=1S/C16H16N2O2S/c19-15(10-14-5-2-8-21-14)17-13-4-1-3-11(9-13)16(20)18-12-6-7-12/h1-5,8-9,12H,6-7,10H2,(H,17,19)(H,18,20). The summed E-state index contributed by atoms with van der Waals surface area (Å²) in [5, 5.41) is 7.72. The highest BCUT2D eigenvalue weighted by atomic mass is 32.1. The van der Waals surface area contributed by atoms with Crippen molar-refractivity contribution in [2.45, 2.75) is 25.3 Å². The van der Waals surface area contributed by atoms with Crippen molar-refractivity contribution in [3.05, 3.63) is 52.2 Å². The number of benzene rings is 1. The zero-order valence-corrected chi connectivity index (χ0v) is 12.3. The first-order valence-electron chi connectivity index (χ1n) is 6.94. The quantitative estimate of drug-likeness (QED) is 0.892. The van der Waals surface area contributed by atoms with E-state index in [1.54, 1.807) is 35.6 Å². The zero-order valence-electron chi connectivity index (χ0n) is 11.5. The summed E-state index contributed by atoms with van der Waals surface area (Å²) in [4.78, 5) is 24.9. The minimum Gasteiger partial charge on any atom is -0.349 e. The molecule has 0 bridgehead atoms. The van der Waals surface area contributed by atoms with Crippen LogP contribution in [0.4, 0.5) is 5.69 Å². The number of anilines is 1. The van der Waals surface area contributed by atoms with Crippen LogP contribution in [-0.4, -0.2) is 17.9 Å². The van der Waals surface area contributed by atoms with E-state index in [1.807, 2.05) is 17.5 Å². The minimum atomic E-state index is -0.0770. The van der Waals surface area contributed by atoms with Gasteiger partial charge in [-0.25, -0.2) is 0 Å². The van der Waals surface area contributed by atoms with E-state index < -0.39 is 0 Å². The molecule has 0 atom stereocenters. The molecule has 2 amide bonds. The maximum atomic E-state index is 12.0. The number of hydrogen-bond donors (Lipinski definition) is 2. The number of amides is 2. The van der Waals surface area contributed by atoms with Gasteiger partial charge in [-0.1, -0.05) is 12.1 Å². The molecule has 1 aliphatic carbocycles. The highest BCUT2D eigenvalue weighted by Crippen LogP contribution is 2.20. The van der Waals surface area contributed by atoms with Crippen LogP contribution in [0.3, 0.4) is 0 Å². The first-order valence-corrected chi connectivity index (χ1v) is 7.82. The number of hydrogen-bond acceptors (Lipinski definition) is 3. The second-order valence-electron chi connectivity index (χ2n) is 5.13. The molecule has 0 unspecified atom stereocenters. The van der Waals surface area contributed by atoms with Crippen molar-refractivity contribution in [1.82, 2.24) is 5.32 Å². The number of nitrogens with one attached hydrogen (secondary N) is 2. The summed E-state index contributed by atoms with van der Waals surface area (Å²) >= 11 is 1.56. The lowest BCUT2D eigenvalue weighted by molar-refractivity contribution is -0.115. The van der Waals surface area contributed by atoms with Gasteiger partial charge in [0.1, 0.15) is 0 Å². The maximum Gasteiger partial charge on any atom is 0.251 e. The van der Waals surface area contributed by atoms with Crippen molar-refractivity contribution < 1.29 is 9.59 Å². The molecule has 0 spiro atoms. The summed E-state index contributed by atoms with van der Waals surface area (Å²) in [6.07, 6.45) is 2.47. The van der Waals surface area contributed by atoms with Crippen LogP contribution in [-0.2, 0) is 11.2 Å². The smallest absolute Gasteiger partial charge is 0.251 e. The second kappa shape index (κ2) is 6.10. The third-order valence-electron chi connectivity index (χ3n) is 3.24. The van der Waals surface area contributed by atoms with Crippen molar-refractivity contribution in [2.75, 3.05) is 5.32 Å². The molecule has 2 aromatic rings. The Kier molecular flexibility index (Phi) is 4.01. The Labute approximate surface area is 127 Å². The van der Waals surface area contributed by atoms with Gasteiger partial charge in [0.05, 0.1) is 6.42 Å². The van der Waals surface area contributed by atoms with Crippen LogP contribution in [0.2, 0.25) is 0 Å². The van der Waals surface area contributed by atoms with E-state index in [9.17, 15) is 9.59 Å². The van der Waals surface area contributed by atoms with E-state index in [0.29, 0.717) is 23.7 Å². The van der Waals surface area contributed by atoms with Crippen molar-refractivity contribution in [3.8, 4) is 0 Å². The van der Waals surface area contributed by atoms with Gasteiger partial charge >= 0.3 is 0 Å². The molecule has 108 valence electrons. The van der Waals surface area contributed by atoms with Gasteiger partial charge in [-0.15, -0.1) is 11.3 Å². The number of rotatable bonds is 5. The Bertz CT molecular complexity index is 648. The lowest BCUT2D eigenvalue weighted by atomic mass is 10.2. The fraction of sp³-hybridized carbons (Fsp3) is 0.250. The summed E-state index contributed by atoms with van der Waals surface area (Å²) in [6.45, 7) is 0. The number of thiophene rings is 1. The molecule has 0 aliphatic heterocycles. The van der Waals surface area contributed by atoms with E-state index in [-0.39, 0.29) is 11.8 Å². The predicted octanol–water partition coefficient (Wildman–Crippen LogP) is 2.82. The average Bonchev–Trinajstić information content (AvgIpc) is 3.13. The van der Waals surface area contributed by atoms with Crippen LogP contribution in [0, 0.1) is 0 Å². The lowest BCUT2D eigenvalue weighted by Gasteiger charge is -2.07. The highest BCUT2D eigenvalue weighted by Gasteiger charge is 2.23. The minimum absolute atomic E-state index is 0.0720. The third kappa shape index (κ3) is 3.92. The Morgan fingerprint density at radius 2 is 2.05 bits per heavy atom. The van der Waals surface area contributed by atoms with Crippen LogP contribution in [0.25, 0.3) is 0 Å². The zero-order chi connectivity index (χ0) is 14.7. The fourth-order valence-electron chi connectivity index (χ4n) is 2.01. The summed E-state index contributed by atoms with van der Waals surface area (Å²) in [6, 6.07) is 11.2. The van der Waals surface area contributed by atoms with Gasteiger partial charge in [0.15, 0.2) is 0 Å². The monoisotopic (exact) mass is 300 g/mol. The summed E-state index contributed by atoms with van der Waals surface area (Å²) < 4.78 is 0. The summed E-state index contributed by atoms with van der Waals surface area (Å²) in [5.41, 5.74) is 1.23. The molecule has 2 N–H and O–H groups in total. The van der Waals surface area contributed by atoms with Gasteiger partial charge in [-0.2, -0.15) is 0 Å². The predicted molar refractivity (Wildman–Crippen MR) is 83.6 cm³/mol. The molecule has 4 nitrogen and oxygen atoms in total. The fourth-order valence-corrected chi connectivity index (χ4v) is 2.71. The van der Waals surface area contributed by atoms with E-state index >= 15 is 0 Å². The third-order valence-corrected chi connectivity index (χ3v) is 4.11. The van der Waals surface area contributed by atoms with Gasteiger partial charge < -0.3 is 10.6 Å². The first kappa shape index (κ1) is 13.8. The van der Waals surface area contributed by atoms with Gasteiger partial charge in [0, 0.05) is 22.2 Å². The van der Waals surface area contributed by atoms with Gasteiger partial charge in [0.2, 0.25) is 5.91 Å². The molecule has 21 heavy (non-hydrogen) atoms. The molecule has 1 aromatic heterocycles. The molecule has 1 aromatic carbocycles. The van der Waals surface area contributed by atoms with Crippen LogP contribution in [0.1, 0.15) is 28.1 Å². The number of carbonyl (C=O) groups is 2. The SMILES string of the molecule is O=C(Cc1cccs1)Nc1cccc(C(=O)NC2CC2)c1. The molecule has 0 radical (unpaired) electrons. The molecule has 3 rings (SSSR count). The number of carbonyl (C=O) groups excluding carboxylic acids is 2.